The maximum atomic E-state index is 7.24. The molecule has 6 aromatic carbocycles. The molecule has 360 valence electrons. The summed E-state index contributed by atoms with van der Waals surface area (Å²) in [5.74, 6) is 3.11. The molecule has 0 amide bonds. The van der Waals surface area contributed by atoms with E-state index in [0.717, 1.165) is 34.0 Å². The second-order valence-corrected chi connectivity index (χ2v) is 23.9. The lowest BCUT2D eigenvalue weighted by Crippen LogP contribution is -2.28. The number of fused-ring (bicyclic) bond motifs is 3. The van der Waals surface area contributed by atoms with Crippen molar-refractivity contribution >= 4 is 38.9 Å². The molecule has 1 aliphatic rings. The number of hydrogen-bond donors (Lipinski definition) is 0. The Hall–Kier alpha value is -6.59. The van der Waals surface area contributed by atoms with Crippen LogP contribution in [0.25, 0.3) is 33.3 Å². The van der Waals surface area contributed by atoms with Crippen molar-refractivity contribution in [1.29, 1.82) is 0 Å². The van der Waals surface area contributed by atoms with E-state index >= 15 is 0 Å². The molecule has 5 nitrogen and oxygen atoms in total. The number of anilines is 2. The zero-order chi connectivity index (χ0) is 50.1. The van der Waals surface area contributed by atoms with E-state index in [0.29, 0.717) is 18.5 Å². The van der Waals surface area contributed by atoms with Crippen molar-refractivity contribution in [3.05, 3.63) is 196 Å². The van der Waals surface area contributed by atoms with Gasteiger partial charge in [0.25, 0.3) is 0 Å². The van der Waals surface area contributed by atoms with Gasteiger partial charge in [0.2, 0.25) is 0 Å². The minimum absolute atomic E-state index is 0.00255. The Bertz CT molecular complexity index is 3230. The maximum absolute atomic E-state index is 7.24. The summed E-state index contributed by atoms with van der Waals surface area (Å²) >= 11 is 0. The summed E-state index contributed by atoms with van der Waals surface area (Å²) in [4.78, 5) is 9.98. The summed E-state index contributed by atoms with van der Waals surface area (Å²) in [5, 5.41) is 2.38. The fraction of sp³-hybridized carbons (Fsp3) is 0.338. The highest BCUT2D eigenvalue weighted by Gasteiger charge is 2.32. The molecule has 0 spiro atoms. The van der Waals surface area contributed by atoms with Gasteiger partial charge in [0, 0.05) is 57.7 Å². The van der Waals surface area contributed by atoms with Gasteiger partial charge in [-0.25, -0.2) is 4.98 Å². The molecule has 9 rings (SSSR count). The molecule has 3 heterocycles. The van der Waals surface area contributed by atoms with E-state index in [1.165, 1.54) is 66.7 Å². The van der Waals surface area contributed by atoms with Crippen molar-refractivity contribution in [1.82, 2.24) is 9.55 Å². The molecule has 0 saturated carbocycles. The Labute approximate surface area is 418 Å². The molecule has 0 saturated heterocycles. The number of hydrogen-bond acceptors (Lipinski definition) is 4. The average Bonchev–Trinajstić information content (AvgIpc) is 3.90. The van der Waals surface area contributed by atoms with Crippen LogP contribution < -0.4 is 14.5 Å². The molecule has 5 heteroatoms. The Morgan fingerprint density at radius 3 is 1.76 bits per heavy atom. The highest BCUT2D eigenvalue weighted by atomic mass is 16.5. The zero-order valence-corrected chi connectivity index (χ0v) is 44.5. The summed E-state index contributed by atoms with van der Waals surface area (Å²) in [6, 6.07) is 51.7. The molecule has 0 fully saturated rings. The van der Waals surface area contributed by atoms with Crippen LogP contribution in [0.3, 0.4) is 0 Å². The molecule has 1 aliphatic heterocycles. The van der Waals surface area contributed by atoms with E-state index in [2.05, 4.69) is 264 Å². The third-order valence-corrected chi connectivity index (χ3v) is 14.6. The van der Waals surface area contributed by atoms with Crippen molar-refractivity contribution in [2.24, 2.45) is 0 Å². The van der Waals surface area contributed by atoms with Crippen LogP contribution in [-0.4, -0.2) is 16.2 Å². The second kappa shape index (κ2) is 18.0. The van der Waals surface area contributed by atoms with Crippen LogP contribution in [-0.2, 0) is 21.7 Å². The predicted molar refractivity (Wildman–Crippen MR) is 299 cm³/mol. The highest BCUT2D eigenvalue weighted by molar-refractivity contribution is 6.10. The van der Waals surface area contributed by atoms with Crippen LogP contribution in [0.1, 0.15) is 160 Å². The number of ether oxygens (including phenoxy) is 1. The van der Waals surface area contributed by atoms with Gasteiger partial charge < -0.3 is 14.5 Å². The molecule has 0 bridgehead atoms. The summed E-state index contributed by atoms with van der Waals surface area (Å²) in [6.07, 6.45) is 4.34. The van der Waals surface area contributed by atoms with E-state index in [-0.39, 0.29) is 21.7 Å². The summed E-state index contributed by atoms with van der Waals surface area (Å²) in [5.41, 5.74) is 15.6. The fourth-order valence-electron chi connectivity index (χ4n) is 10.2. The van der Waals surface area contributed by atoms with Crippen LogP contribution in [0.2, 0.25) is 0 Å². The number of pyridine rings is 1. The number of nitrogens with zero attached hydrogens (tertiary/aromatic N) is 4. The van der Waals surface area contributed by atoms with E-state index in [1.54, 1.807) is 0 Å². The van der Waals surface area contributed by atoms with Gasteiger partial charge >= 0.3 is 0 Å². The Morgan fingerprint density at radius 1 is 0.486 bits per heavy atom. The number of rotatable bonds is 10. The fourth-order valence-corrected chi connectivity index (χ4v) is 10.2. The van der Waals surface area contributed by atoms with E-state index in [4.69, 9.17) is 9.72 Å². The van der Waals surface area contributed by atoms with Gasteiger partial charge in [0.15, 0.2) is 0 Å². The van der Waals surface area contributed by atoms with Crippen molar-refractivity contribution in [2.45, 2.75) is 137 Å². The molecule has 0 unspecified atom stereocenters. The quantitative estimate of drug-likeness (QED) is 0.137. The lowest BCUT2D eigenvalue weighted by atomic mass is 9.78. The average molecular weight is 927 g/mol. The minimum Gasteiger partial charge on any atom is -0.457 e. The predicted octanol–water partition coefficient (Wildman–Crippen LogP) is 17.7. The van der Waals surface area contributed by atoms with Gasteiger partial charge in [-0.15, -0.1) is 0 Å². The SMILES string of the molecule is CC(C)c1cccc(C(C)C)c1C1=CN(c2cccc(C(C)(C)C)c2)CN1c1cc(Oc2ccc3c4cc(C(C)(C)C)ccc4n(-c4cc(C(C)(C)C)ccn4)c3c2)cc(C(C)(C)c2ccccc2)c1. The first-order valence-corrected chi connectivity index (χ1v) is 25.4. The normalized spacial score (nSPS) is 13.9. The number of benzene rings is 6. The maximum Gasteiger partial charge on any atom is 0.137 e. The van der Waals surface area contributed by atoms with Crippen molar-refractivity contribution in [3.63, 3.8) is 0 Å². The third kappa shape index (κ3) is 9.28. The highest BCUT2D eigenvalue weighted by Crippen LogP contribution is 2.45. The minimum atomic E-state index is -0.344. The molecule has 0 radical (unpaired) electrons. The second-order valence-electron chi connectivity index (χ2n) is 23.9. The first kappa shape index (κ1) is 48.4. The molecule has 0 N–H and O–H groups in total. The van der Waals surface area contributed by atoms with Crippen LogP contribution in [0.4, 0.5) is 11.4 Å². The topological polar surface area (TPSA) is 33.5 Å². The van der Waals surface area contributed by atoms with Crippen molar-refractivity contribution < 1.29 is 4.74 Å². The van der Waals surface area contributed by atoms with Gasteiger partial charge in [0.05, 0.1) is 23.4 Å². The van der Waals surface area contributed by atoms with Crippen LogP contribution in [0.15, 0.2) is 152 Å². The van der Waals surface area contributed by atoms with E-state index in [9.17, 15) is 0 Å². The van der Waals surface area contributed by atoms with Gasteiger partial charge in [-0.1, -0.05) is 171 Å². The van der Waals surface area contributed by atoms with Crippen LogP contribution in [0.5, 0.6) is 11.5 Å². The molecule has 0 aliphatic carbocycles. The lowest BCUT2D eigenvalue weighted by molar-refractivity contribution is 0.480. The van der Waals surface area contributed by atoms with Gasteiger partial charge in [-0.2, -0.15) is 0 Å². The first-order valence-electron chi connectivity index (χ1n) is 25.4. The standard InChI is InChI=1S/C65H74N4O/c1-42(2)53-25-20-26-54(43(3)4)61(53)59-40-67(49-24-19-23-45(33-49)62(5,6)7)41-68(59)50-34-48(65(14,15)44-21-17-16-18-22-44)35-52(38-50)70-51-28-29-55-56-36-46(63(8,9)10)27-30-57(56)69(58(55)39-51)60-37-47(31-32-66-60)64(11,12)13/h16-40,42-43H,41H2,1-15H3. The Kier molecular flexibility index (Phi) is 12.4. The van der Waals surface area contributed by atoms with Gasteiger partial charge in [-0.3, -0.25) is 4.57 Å². The molecular formula is C65H74N4O. The van der Waals surface area contributed by atoms with Crippen LogP contribution in [0, 0.1) is 0 Å². The van der Waals surface area contributed by atoms with Crippen molar-refractivity contribution in [3.8, 4) is 17.3 Å². The van der Waals surface area contributed by atoms with Gasteiger partial charge in [-0.05, 0) is 128 Å². The van der Waals surface area contributed by atoms with Gasteiger partial charge in [0.1, 0.15) is 17.3 Å². The Balaban J connectivity index is 1.24. The first-order chi connectivity index (χ1) is 33.0. The largest absolute Gasteiger partial charge is 0.457 e. The van der Waals surface area contributed by atoms with Crippen molar-refractivity contribution in [2.75, 3.05) is 16.5 Å². The smallest absolute Gasteiger partial charge is 0.137 e. The number of aromatic nitrogens is 2. The summed E-state index contributed by atoms with van der Waals surface area (Å²) in [6.45, 7) is 35.1. The zero-order valence-electron chi connectivity index (χ0n) is 44.5. The van der Waals surface area contributed by atoms with E-state index in [1.807, 2.05) is 6.20 Å². The molecule has 70 heavy (non-hydrogen) atoms. The molecule has 8 aromatic rings. The monoisotopic (exact) mass is 927 g/mol. The molecule has 2 aromatic heterocycles. The Morgan fingerprint density at radius 2 is 1.10 bits per heavy atom. The lowest BCUT2D eigenvalue weighted by Gasteiger charge is -2.31. The summed E-state index contributed by atoms with van der Waals surface area (Å²) < 4.78 is 9.56. The summed E-state index contributed by atoms with van der Waals surface area (Å²) in [7, 11) is 0. The third-order valence-electron chi connectivity index (χ3n) is 14.6. The van der Waals surface area contributed by atoms with E-state index < -0.39 is 0 Å². The van der Waals surface area contributed by atoms with Crippen LogP contribution >= 0.6 is 0 Å². The molecule has 0 atom stereocenters. The molecular weight excluding hydrogens is 853 g/mol.